The van der Waals surface area contributed by atoms with E-state index in [-0.39, 0.29) is 17.9 Å². The van der Waals surface area contributed by atoms with E-state index in [2.05, 4.69) is 10.2 Å². The molecule has 2 bridgehead atoms. The predicted octanol–water partition coefficient (Wildman–Crippen LogP) is 1.10. The zero-order chi connectivity index (χ0) is 13.2. The number of nitrogens with two attached hydrogens (primary N) is 1. The zero-order valence-electron chi connectivity index (χ0n) is 11.8. The van der Waals surface area contributed by atoms with Crippen molar-refractivity contribution >= 4 is 5.91 Å². The van der Waals surface area contributed by atoms with E-state index in [4.69, 9.17) is 5.73 Å². The van der Waals surface area contributed by atoms with Crippen molar-refractivity contribution in [3.63, 3.8) is 0 Å². The third kappa shape index (κ3) is 2.95. The van der Waals surface area contributed by atoms with Crippen LogP contribution in [0.25, 0.3) is 0 Å². The molecule has 0 aromatic carbocycles. The van der Waals surface area contributed by atoms with E-state index >= 15 is 0 Å². The standard InChI is InChI=1S/C15H27N3O/c16-13-5-3-1-2-4-12(13)15(19)17-14-10-18-8-6-11(14)7-9-18/h11-14H,1-10,16H2,(H,17,19). The van der Waals surface area contributed by atoms with Crippen molar-refractivity contribution in [1.82, 2.24) is 10.2 Å². The van der Waals surface area contributed by atoms with Gasteiger partial charge in [0.2, 0.25) is 5.91 Å². The minimum Gasteiger partial charge on any atom is -0.352 e. The van der Waals surface area contributed by atoms with Gasteiger partial charge in [0.25, 0.3) is 0 Å². The molecule has 0 aromatic heterocycles. The molecule has 1 aliphatic carbocycles. The highest BCUT2D eigenvalue weighted by molar-refractivity contribution is 5.79. The minimum atomic E-state index is 0.0537. The molecule has 1 amide bonds. The van der Waals surface area contributed by atoms with Gasteiger partial charge < -0.3 is 16.0 Å². The Kier molecular flexibility index (Phi) is 4.08. The highest BCUT2D eigenvalue weighted by atomic mass is 16.2. The van der Waals surface area contributed by atoms with Crippen molar-refractivity contribution < 1.29 is 4.79 Å². The van der Waals surface area contributed by atoms with Crippen LogP contribution in [0.3, 0.4) is 0 Å². The fraction of sp³-hybridized carbons (Fsp3) is 0.933. The summed E-state index contributed by atoms with van der Waals surface area (Å²) in [4.78, 5) is 15.0. The maximum absolute atomic E-state index is 12.5. The Labute approximate surface area is 116 Å². The van der Waals surface area contributed by atoms with Crippen molar-refractivity contribution in [2.75, 3.05) is 19.6 Å². The number of hydrogen-bond acceptors (Lipinski definition) is 3. The van der Waals surface area contributed by atoms with E-state index < -0.39 is 0 Å². The van der Waals surface area contributed by atoms with Crippen molar-refractivity contribution in [3.05, 3.63) is 0 Å². The van der Waals surface area contributed by atoms with Crippen LogP contribution in [-0.2, 0) is 4.79 Å². The number of piperidine rings is 3. The molecule has 1 saturated carbocycles. The Hall–Kier alpha value is -0.610. The minimum absolute atomic E-state index is 0.0537. The second-order valence-electron chi connectivity index (χ2n) is 6.66. The quantitative estimate of drug-likeness (QED) is 0.735. The fourth-order valence-electron chi connectivity index (χ4n) is 4.08. The largest absolute Gasteiger partial charge is 0.352 e. The van der Waals surface area contributed by atoms with E-state index in [0.717, 1.165) is 25.8 Å². The maximum Gasteiger partial charge on any atom is 0.224 e. The number of rotatable bonds is 2. The second kappa shape index (κ2) is 5.80. The topological polar surface area (TPSA) is 58.4 Å². The molecule has 4 rings (SSSR count). The second-order valence-corrected chi connectivity index (χ2v) is 6.66. The number of hydrogen-bond donors (Lipinski definition) is 2. The van der Waals surface area contributed by atoms with Gasteiger partial charge in [0, 0.05) is 18.6 Å². The van der Waals surface area contributed by atoms with Crippen molar-refractivity contribution in [1.29, 1.82) is 0 Å². The number of nitrogens with zero attached hydrogens (tertiary/aromatic N) is 1. The molecule has 3 heterocycles. The van der Waals surface area contributed by atoms with Gasteiger partial charge in [-0.3, -0.25) is 4.79 Å². The smallest absolute Gasteiger partial charge is 0.224 e. The van der Waals surface area contributed by atoms with Crippen LogP contribution < -0.4 is 11.1 Å². The number of fused-ring (bicyclic) bond motifs is 3. The first-order valence-corrected chi connectivity index (χ1v) is 8.02. The molecule has 0 spiro atoms. The number of carbonyl (C=O) groups is 1. The Balaban J connectivity index is 1.58. The molecule has 19 heavy (non-hydrogen) atoms. The van der Waals surface area contributed by atoms with Gasteiger partial charge in [-0.15, -0.1) is 0 Å². The summed E-state index contributed by atoms with van der Waals surface area (Å²) in [5, 5.41) is 3.32. The van der Waals surface area contributed by atoms with Gasteiger partial charge in [-0.1, -0.05) is 19.3 Å². The Morgan fingerprint density at radius 1 is 1.05 bits per heavy atom. The molecule has 3 N–H and O–H groups in total. The van der Waals surface area contributed by atoms with Crippen molar-refractivity contribution in [2.24, 2.45) is 17.6 Å². The van der Waals surface area contributed by atoms with Gasteiger partial charge in [0.1, 0.15) is 0 Å². The van der Waals surface area contributed by atoms with Gasteiger partial charge in [0.05, 0.1) is 5.92 Å². The van der Waals surface area contributed by atoms with Crippen LogP contribution in [0.4, 0.5) is 0 Å². The first-order chi connectivity index (χ1) is 9.24. The molecule has 0 aromatic rings. The average molecular weight is 265 g/mol. The third-order valence-electron chi connectivity index (χ3n) is 5.39. The Morgan fingerprint density at radius 3 is 2.47 bits per heavy atom. The first-order valence-electron chi connectivity index (χ1n) is 8.02. The van der Waals surface area contributed by atoms with Gasteiger partial charge >= 0.3 is 0 Å². The molecule has 108 valence electrons. The van der Waals surface area contributed by atoms with Crippen LogP contribution in [0.5, 0.6) is 0 Å². The first kappa shape index (κ1) is 13.4. The molecular formula is C15H27N3O. The summed E-state index contributed by atoms with van der Waals surface area (Å²) < 4.78 is 0. The summed E-state index contributed by atoms with van der Waals surface area (Å²) in [5.74, 6) is 0.988. The monoisotopic (exact) mass is 265 g/mol. The van der Waals surface area contributed by atoms with E-state index in [1.807, 2.05) is 0 Å². The highest BCUT2D eigenvalue weighted by Crippen LogP contribution is 2.28. The number of carbonyl (C=O) groups excluding carboxylic acids is 1. The molecule has 4 aliphatic rings. The van der Waals surface area contributed by atoms with E-state index in [1.165, 1.54) is 38.8 Å². The summed E-state index contributed by atoms with van der Waals surface area (Å²) >= 11 is 0. The van der Waals surface area contributed by atoms with Crippen LogP contribution >= 0.6 is 0 Å². The third-order valence-corrected chi connectivity index (χ3v) is 5.39. The zero-order valence-corrected chi connectivity index (χ0v) is 11.8. The van der Waals surface area contributed by atoms with Gasteiger partial charge in [-0.25, -0.2) is 0 Å². The van der Waals surface area contributed by atoms with Crippen LogP contribution in [-0.4, -0.2) is 42.5 Å². The summed E-state index contributed by atoms with van der Waals surface area (Å²) in [6.45, 7) is 3.50. The molecule has 0 radical (unpaired) electrons. The van der Waals surface area contributed by atoms with Gasteiger partial charge in [-0.05, 0) is 44.7 Å². The molecule has 3 saturated heterocycles. The van der Waals surface area contributed by atoms with Crippen LogP contribution in [0.1, 0.15) is 44.9 Å². The lowest BCUT2D eigenvalue weighted by molar-refractivity contribution is -0.128. The lowest BCUT2D eigenvalue weighted by Crippen LogP contribution is -2.58. The molecule has 4 heteroatoms. The van der Waals surface area contributed by atoms with E-state index in [9.17, 15) is 4.79 Å². The summed E-state index contributed by atoms with van der Waals surface area (Å²) in [7, 11) is 0. The molecule has 3 unspecified atom stereocenters. The maximum atomic E-state index is 12.5. The van der Waals surface area contributed by atoms with Crippen molar-refractivity contribution in [3.8, 4) is 0 Å². The lowest BCUT2D eigenvalue weighted by atomic mass is 9.83. The molecule has 4 nitrogen and oxygen atoms in total. The molecular weight excluding hydrogens is 238 g/mol. The number of nitrogens with one attached hydrogen (secondary N) is 1. The Bertz CT molecular complexity index is 325. The Morgan fingerprint density at radius 2 is 1.79 bits per heavy atom. The van der Waals surface area contributed by atoms with Gasteiger partial charge in [-0.2, -0.15) is 0 Å². The van der Waals surface area contributed by atoms with Crippen LogP contribution in [0, 0.1) is 11.8 Å². The SMILES string of the molecule is NC1CCCCCC1C(=O)NC1CN2CCC1CC2. The molecule has 3 aliphatic heterocycles. The van der Waals surface area contributed by atoms with Crippen molar-refractivity contribution in [2.45, 2.75) is 57.0 Å². The van der Waals surface area contributed by atoms with E-state index in [1.54, 1.807) is 0 Å². The van der Waals surface area contributed by atoms with Crippen LogP contribution in [0.15, 0.2) is 0 Å². The number of amides is 1. The molecule has 4 fully saturated rings. The lowest BCUT2D eigenvalue weighted by Gasteiger charge is -2.45. The van der Waals surface area contributed by atoms with Crippen LogP contribution in [0.2, 0.25) is 0 Å². The summed E-state index contributed by atoms with van der Waals surface area (Å²) in [5.41, 5.74) is 6.19. The predicted molar refractivity (Wildman–Crippen MR) is 75.6 cm³/mol. The summed E-state index contributed by atoms with van der Waals surface area (Å²) in [6, 6.07) is 0.453. The average Bonchev–Trinajstić information content (AvgIpc) is 2.65. The van der Waals surface area contributed by atoms with Gasteiger partial charge in [0.15, 0.2) is 0 Å². The summed E-state index contributed by atoms with van der Waals surface area (Å²) in [6.07, 6.45) is 8.07. The molecule has 3 atom stereocenters. The normalized spacial score (nSPS) is 42.7. The highest BCUT2D eigenvalue weighted by Gasteiger charge is 2.36. The fourth-order valence-corrected chi connectivity index (χ4v) is 4.08. The van der Waals surface area contributed by atoms with E-state index in [0.29, 0.717) is 12.0 Å².